The Balaban J connectivity index is 1.26. The quantitative estimate of drug-likeness (QED) is 0.740. The third kappa shape index (κ3) is 3.86. The number of aliphatic hydroxyl groups is 1. The molecule has 0 radical (unpaired) electrons. The van der Waals surface area contributed by atoms with E-state index >= 15 is 0 Å². The first-order chi connectivity index (χ1) is 15.1. The van der Waals surface area contributed by atoms with E-state index < -0.39 is 0 Å². The van der Waals surface area contributed by atoms with Gasteiger partial charge in [0, 0.05) is 24.5 Å². The van der Waals surface area contributed by atoms with Gasteiger partial charge in [-0.25, -0.2) is 4.68 Å². The third-order valence-electron chi connectivity index (χ3n) is 9.68. The van der Waals surface area contributed by atoms with Crippen molar-refractivity contribution >= 4 is 5.78 Å². The molecule has 0 amide bonds. The summed E-state index contributed by atoms with van der Waals surface area (Å²) >= 11 is 0. The van der Waals surface area contributed by atoms with Crippen molar-refractivity contribution in [3.05, 3.63) is 12.4 Å². The van der Waals surface area contributed by atoms with E-state index in [0.29, 0.717) is 24.7 Å². The molecule has 1 aromatic heterocycles. The minimum atomic E-state index is 0.179. The summed E-state index contributed by atoms with van der Waals surface area (Å²) in [6.07, 6.45) is 15.5. The highest BCUT2D eigenvalue weighted by Gasteiger charge is 2.58. The maximum atomic E-state index is 13.2. The SMILES string of the molecule is C[C@]12CCC3[C@H]4CC[C@H](C#CCCO)CC4CC[C@H]3[C@@H]1CC[C@@H]2C(=O)Cn1ccnn1. The first-order valence-corrected chi connectivity index (χ1v) is 12.6. The van der Waals surface area contributed by atoms with Gasteiger partial charge in [-0.1, -0.05) is 18.1 Å². The maximum Gasteiger partial charge on any atom is 0.157 e. The van der Waals surface area contributed by atoms with E-state index in [1.165, 1.54) is 51.4 Å². The molecule has 0 aliphatic heterocycles. The lowest BCUT2D eigenvalue weighted by atomic mass is 9.49. The van der Waals surface area contributed by atoms with Crippen molar-refractivity contribution in [2.75, 3.05) is 6.61 Å². The summed E-state index contributed by atoms with van der Waals surface area (Å²) in [5.74, 6) is 11.9. The Hall–Kier alpha value is -1.67. The average Bonchev–Trinajstić information content (AvgIpc) is 3.40. The van der Waals surface area contributed by atoms with E-state index in [2.05, 4.69) is 29.1 Å². The fourth-order valence-corrected chi connectivity index (χ4v) is 8.37. The maximum absolute atomic E-state index is 13.2. The van der Waals surface area contributed by atoms with Crippen molar-refractivity contribution in [2.45, 2.75) is 77.7 Å². The minimum Gasteiger partial charge on any atom is -0.395 e. The number of carbonyl (C=O) groups excluding carboxylic acids is 1. The van der Waals surface area contributed by atoms with Gasteiger partial charge in [0.05, 0.1) is 12.8 Å². The first-order valence-electron chi connectivity index (χ1n) is 12.6. The smallest absolute Gasteiger partial charge is 0.157 e. The molecule has 4 aliphatic rings. The summed E-state index contributed by atoms with van der Waals surface area (Å²) in [7, 11) is 0. The van der Waals surface area contributed by atoms with Crippen molar-refractivity contribution in [2.24, 2.45) is 46.8 Å². The zero-order chi connectivity index (χ0) is 21.4. The molecule has 5 nitrogen and oxygen atoms in total. The Morgan fingerprint density at radius 3 is 2.81 bits per heavy atom. The van der Waals surface area contributed by atoms with Gasteiger partial charge < -0.3 is 5.11 Å². The molecule has 168 valence electrons. The Kier molecular flexibility index (Phi) is 5.94. The van der Waals surface area contributed by atoms with Gasteiger partial charge in [-0.3, -0.25) is 4.79 Å². The van der Waals surface area contributed by atoms with Gasteiger partial charge in [0.15, 0.2) is 5.78 Å². The Morgan fingerprint density at radius 1 is 1.13 bits per heavy atom. The number of hydrogen-bond acceptors (Lipinski definition) is 4. The van der Waals surface area contributed by atoms with Crippen molar-refractivity contribution in [3.63, 3.8) is 0 Å². The predicted molar refractivity (Wildman–Crippen MR) is 119 cm³/mol. The number of aliphatic hydroxyl groups excluding tert-OH is 1. The van der Waals surface area contributed by atoms with Crippen molar-refractivity contribution in [1.29, 1.82) is 0 Å². The number of aromatic nitrogens is 3. The van der Waals surface area contributed by atoms with E-state index in [1.54, 1.807) is 17.1 Å². The number of Topliss-reactive ketones (excluding diaryl/α,β-unsaturated/α-hetero) is 1. The molecular weight excluding hydrogens is 386 g/mol. The van der Waals surface area contributed by atoms with Gasteiger partial charge in [0.25, 0.3) is 0 Å². The topological polar surface area (TPSA) is 68.0 Å². The molecule has 2 unspecified atom stereocenters. The zero-order valence-electron chi connectivity index (χ0n) is 18.9. The average molecular weight is 424 g/mol. The van der Waals surface area contributed by atoms with E-state index in [1.807, 2.05) is 0 Å². The predicted octanol–water partition coefficient (Wildman–Crippen LogP) is 4.12. The molecule has 0 aromatic carbocycles. The molecular formula is C26H37N3O2. The molecule has 0 bridgehead atoms. The summed E-state index contributed by atoms with van der Waals surface area (Å²) in [6, 6.07) is 0. The van der Waals surface area contributed by atoms with E-state index in [0.717, 1.165) is 36.0 Å². The summed E-state index contributed by atoms with van der Waals surface area (Å²) in [6.45, 7) is 2.99. The molecule has 1 aromatic rings. The van der Waals surface area contributed by atoms with Crippen LogP contribution in [0.2, 0.25) is 0 Å². The number of fused-ring (bicyclic) bond motifs is 5. The highest BCUT2D eigenvalue weighted by atomic mass is 16.2. The number of ketones is 1. The third-order valence-corrected chi connectivity index (χ3v) is 9.68. The fraction of sp³-hybridized carbons (Fsp3) is 0.808. The van der Waals surface area contributed by atoms with Crippen LogP contribution in [0, 0.1) is 58.7 Å². The van der Waals surface area contributed by atoms with Crippen LogP contribution in [0.3, 0.4) is 0 Å². The highest BCUT2D eigenvalue weighted by molar-refractivity contribution is 5.82. The molecule has 8 atom stereocenters. The Bertz CT molecular complexity index is 841. The van der Waals surface area contributed by atoms with Gasteiger partial charge in [-0.05, 0) is 92.8 Å². The molecule has 4 aliphatic carbocycles. The van der Waals surface area contributed by atoms with Crippen LogP contribution < -0.4 is 0 Å². The second-order valence-electron chi connectivity index (χ2n) is 11.0. The van der Waals surface area contributed by atoms with Gasteiger partial charge in [-0.2, -0.15) is 0 Å². The number of carbonyl (C=O) groups is 1. The van der Waals surface area contributed by atoms with Crippen LogP contribution >= 0.6 is 0 Å². The van der Waals surface area contributed by atoms with E-state index in [4.69, 9.17) is 5.11 Å². The van der Waals surface area contributed by atoms with Crippen LogP contribution in [-0.4, -0.2) is 32.5 Å². The van der Waals surface area contributed by atoms with Crippen molar-refractivity contribution in [1.82, 2.24) is 15.0 Å². The van der Waals surface area contributed by atoms with E-state index in [9.17, 15) is 4.79 Å². The van der Waals surface area contributed by atoms with Crippen LogP contribution in [0.15, 0.2) is 12.4 Å². The van der Waals surface area contributed by atoms with Crippen LogP contribution in [0.25, 0.3) is 0 Å². The molecule has 5 rings (SSSR count). The Labute approximate surface area is 186 Å². The fourth-order valence-electron chi connectivity index (χ4n) is 8.37. The van der Waals surface area contributed by atoms with Gasteiger partial charge in [-0.15, -0.1) is 11.0 Å². The molecule has 0 saturated heterocycles. The summed E-state index contributed by atoms with van der Waals surface area (Å²) in [5.41, 5.74) is 0.179. The highest BCUT2D eigenvalue weighted by Crippen LogP contribution is 2.64. The lowest BCUT2D eigenvalue weighted by Gasteiger charge is -2.56. The molecule has 1 N–H and O–H groups in total. The van der Waals surface area contributed by atoms with E-state index in [-0.39, 0.29) is 17.9 Å². The molecule has 0 spiro atoms. The van der Waals surface area contributed by atoms with Crippen LogP contribution in [0.5, 0.6) is 0 Å². The number of hydrogen-bond donors (Lipinski definition) is 1. The second kappa shape index (κ2) is 8.70. The normalized spacial score (nSPS) is 41.4. The molecule has 1 heterocycles. The summed E-state index contributed by atoms with van der Waals surface area (Å²) in [4.78, 5) is 13.2. The van der Waals surface area contributed by atoms with Gasteiger partial charge in [0.1, 0.15) is 6.54 Å². The minimum absolute atomic E-state index is 0.179. The number of nitrogens with zero attached hydrogens (tertiary/aromatic N) is 3. The van der Waals surface area contributed by atoms with Crippen molar-refractivity contribution in [3.8, 4) is 11.8 Å². The summed E-state index contributed by atoms with van der Waals surface area (Å²) < 4.78 is 1.69. The van der Waals surface area contributed by atoms with Crippen LogP contribution in [0.4, 0.5) is 0 Å². The second-order valence-corrected chi connectivity index (χ2v) is 11.0. The molecule has 5 heteroatoms. The standard InChI is InChI=1S/C26H37N3O2/c1-26-12-11-21-20-7-5-18(4-2-3-15-30)16-19(20)6-8-22(21)23(26)9-10-24(26)25(31)17-29-14-13-27-28-29/h13-14,18-24,30H,3,5-12,15-17H2,1H3/t18-,19?,20-,21?,22+,23-,24+,26-/m0/s1. The lowest BCUT2D eigenvalue weighted by Crippen LogP contribution is -2.49. The van der Waals surface area contributed by atoms with Crippen molar-refractivity contribution < 1.29 is 9.90 Å². The Morgan fingerprint density at radius 2 is 2.00 bits per heavy atom. The zero-order valence-corrected chi connectivity index (χ0v) is 18.9. The molecule has 4 saturated carbocycles. The van der Waals surface area contributed by atoms with Crippen LogP contribution in [-0.2, 0) is 11.3 Å². The summed E-state index contributed by atoms with van der Waals surface area (Å²) in [5, 5.41) is 16.9. The van der Waals surface area contributed by atoms with Gasteiger partial charge >= 0.3 is 0 Å². The molecule has 31 heavy (non-hydrogen) atoms. The lowest BCUT2D eigenvalue weighted by molar-refractivity contribution is -0.131. The number of rotatable bonds is 4. The molecule has 4 fully saturated rings. The monoisotopic (exact) mass is 423 g/mol. The van der Waals surface area contributed by atoms with Gasteiger partial charge in [0.2, 0.25) is 0 Å². The van der Waals surface area contributed by atoms with Crippen LogP contribution in [0.1, 0.15) is 71.1 Å². The first kappa shape index (κ1) is 21.2. The largest absolute Gasteiger partial charge is 0.395 e.